The van der Waals surface area contributed by atoms with Crippen LogP contribution in [0.1, 0.15) is 89.2 Å². The van der Waals surface area contributed by atoms with Gasteiger partial charge in [-0.2, -0.15) is 0 Å². The zero-order valence-electron chi connectivity index (χ0n) is 14.9. The van der Waals surface area contributed by atoms with E-state index in [0.717, 1.165) is 24.2 Å². The second-order valence-corrected chi connectivity index (χ2v) is 7.05. The fraction of sp³-hybridized carbons (Fsp3) is 0.636. The van der Waals surface area contributed by atoms with E-state index in [1.807, 2.05) is 0 Å². The fourth-order valence-electron chi connectivity index (χ4n) is 4.20. The van der Waals surface area contributed by atoms with Gasteiger partial charge in [-0.1, -0.05) is 76.5 Å². The number of hydrogen-bond donors (Lipinski definition) is 0. The number of rotatable bonds is 7. The third-order valence-electron chi connectivity index (χ3n) is 5.58. The van der Waals surface area contributed by atoms with Crippen molar-refractivity contribution in [2.75, 3.05) is 0 Å². The highest BCUT2D eigenvalue weighted by Gasteiger charge is 2.26. The molecule has 1 aromatic carbocycles. The van der Waals surface area contributed by atoms with Crippen molar-refractivity contribution in [2.45, 2.75) is 78.1 Å². The van der Waals surface area contributed by atoms with E-state index in [4.69, 9.17) is 0 Å². The summed E-state index contributed by atoms with van der Waals surface area (Å²) in [5, 5.41) is 0. The predicted molar refractivity (Wildman–Crippen MR) is 99.2 cm³/mol. The van der Waals surface area contributed by atoms with Crippen LogP contribution in [-0.4, -0.2) is 0 Å². The Bertz CT molecular complexity index is 432. The molecule has 1 aromatic rings. The van der Waals surface area contributed by atoms with Crippen molar-refractivity contribution >= 4 is 6.08 Å². The summed E-state index contributed by atoms with van der Waals surface area (Å²) in [4.78, 5) is 0. The van der Waals surface area contributed by atoms with Gasteiger partial charge in [-0.15, -0.1) is 0 Å². The van der Waals surface area contributed by atoms with Crippen molar-refractivity contribution in [3.05, 3.63) is 41.5 Å². The minimum Gasteiger partial charge on any atom is -0.0842 e. The normalized spacial score (nSPS) is 23.8. The molecule has 0 aliphatic heterocycles. The molecule has 0 nitrogen and oxygen atoms in total. The number of benzene rings is 1. The molecule has 0 spiro atoms. The predicted octanol–water partition coefficient (Wildman–Crippen LogP) is 7.21. The van der Waals surface area contributed by atoms with Gasteiger partial charge >= 0.3 is 0 Å². The molecule has 0 N–H and O–H groups in total. The van der Waals surface area contributed by atoms with Gasteiger partial charge in [-0.05, 0) is 61.0 Å². The molecule has 2 rings (SSSR count). The molecule has 1 aliphatic carbocycles. The molecular weight excluding hydrogens is 264 g/mol. The topological polar surface area (TPSA) is 0 Å². The third-order valence-corrected chi connectivity index (χ3v) is 5.58. The lowest BCUT2D eigenvalue weighted by atomic mass is 9.72. The Morgan fingerprint density at radius 3 is 2.23 bits per heavy atom. The van der Waals surface area contributed by atoms with E-state index in [9.17, 15) is 0 Å². The van der Waals surface area contributed by atoms with Crippen molar-refractivity contribution < 1.29 is 0 Å². The smallest absolute Gasteiger partial charge is 0.0162 e. The molecule has 1 unspecified atom stereocenters. The summed E-state index contributed by atoms with van der Waals surface area (Å²) in [6.07, 6.45) is 15.4. The summed E-state index contributed by atoms with van der Waals surface area (Å²) >= 11 is 0. The monoisotopic (exact) mass is 298 g/mol. The van der Waals surface area contributed by atoms with Gasteiger partial charge in [0.1, 0.15) is 0 Å². The minimum absolute atomic E-state index is 0.805. The minimum atomic E-state index is 0.805. The quantitative estimate of drug-likeness (QED) is 0.499. The summed E-state index contributed by atoms with van der Waals surface area (Å²) < 4.78 is 0. The Morgan fingerprint density at radius 1 is 1.00 bits per heavy atom. The molecule has 0 heteroatoms. The van der Waals surface area contributed by atoms with E-state index in [1.165, 1.54) is 50.5 Å². The van der Waals surface area contributed by atoms with E-state index >= 15 is 0 Å². The summed E-state index contributed by atoms with van der Waals surface area (Å²) in [6, 6.07) is 9.31. The number of allylic oxidation sites excluding steroid dienone is 1. The first kappa shape index (κ1) is 17.3. The summed E-state index contributed by atoms with van der Waals surface area (Å²) in [7, 11) is 0. The maximum atomic E-state index is 2.38. The average molecular weight is 299 g/mol. The van der Waals surface area contributed by atoms with Crippen LogP contribution in [0, 0.1) is 11.8 Å². The molecule has 0 aromatic heterocycles. The van der Waals surface area contributed by atoms with Crippen LogP contribution < -0.4 is 0 Å². The lowest BCUT2D eigenvalue weighted by Gasteiger charge is -2.33. The second-order valence-electron chi connectivity index (χ2n) is 7.05. The van der Waals surface area contributed by atoms with Crippen LogP contribution in [0.5, 0.6) is 0 Å². The van der Waals surface area contributed by atoms with E-state index in [0.29, 0.717) is 0 Å². The van der Waals surface area contributed by atoms with E-state index in [1.54, 1.807) is 5.56 Å². The van der Waals surface area contributed by atoms with Crippen LogP contribution in [0.25, 0.3) is 6.08 Å². The van der Waals surface area contributed by atoms with Gasteiger partial charge in [0.15, 0.2) is 0 Å². The molecule has 0 heterocycles. The van der Waals surface area contributed by atoms with Crippen molar-refractivity contribution in [1.29, 1.82) is 0 Å². The average Bonchev–Trinajstić information content (AvgIpc) is 2.58. The maximum absolute atomic E-state index is 2.38. The van der Waals surface area contributed by atoms with Gasteiger partial charge in [-0.3, -0.25) is 0 Å². The van der Waals surface area contributed by atoms with Crippen molar-refractivity contribution in [3.63, 3.8) is 0 Å². The molecule has 0 bridgehead atoms. The Balaban J connectivity index is 1.89. The molecule has 0 radical (unpaired) electrons. The first-order chi connectivity index (χ1) is 10.8. The third kappa shape index (κ3) is 4.73. The zero-order valence-corrected chi connectivity index (χ0v) is 14.9. The van der Waals surface area contributed by atoms with E-state index < -0.39 is 0 Å². The Hall–Kier alpha value is -1.04. The molecule has 1 atom stereocenters. The summed E-state index contributed by atoms with van der Waals surface area (Å²) in [6.45, 7) is 6.91. The van der Waals surface area contributed by atoms with Gasteiger partial charge < -0.3 is 0 Å². The van der Waals surface area contributed by atoms with Gasteiger partial charge in [0.05, 0.1) is 0 Å². The molecule has 0 amide bonds. The lowest BCUT2D eigenvalue weighted by Crippen LogP contribution is -2.20. The highest BCUT2D eigenvalue weighted by Crippen LogP contribution is 2.40. The van der Waals surface area contributed by atoms with Crippen molar-refractivity contribution in [1.82, 2.24) is 0 Å². The number of hydrogen-bond acceptors (Lipinski definition) is 0. The molecule has 1 saturated carbocycles. The molecule has 122 valence electrons. The van der Waals surface area contributed by atoms with Crippen LogP contribution in [0.3, 0.4) is 0 Å². The molecule has 22 heavy (non-hydrogen) atoms. The summed E-state index contributed by atoms with van der Waals surface area (Å²) in [5.41, 5.74) is 2.91. The lowest BCUT2D eigenvalue weighted by molar-refractivity contribution is 0.215. The van der Waals surface area contributed by atoms with Crippen LogP contribution in [-0.2, 0) is 0 Å². The molecule has 1 fully saturated rings. The Kier molecular flexibility index (Phi) is 7.22. The van der Waals surface area contributed by atoms with Crippen LogP contribution >= 0.6 is 0 Å². The SMILES string of the molecule is CC/C=C/c1ccc(C2CCC(C(CC)CCC)CC2)cc1. The van der Waals surface area contributed by atoms with Gasteiger partial charge in [0.2, 0.25) is 0 Å². The van der Waals surface area contributed by atoms with Gasteiger partial charge in [-0.25, -0.2) is 0 Å². The van der Waals surface area contributed by atoms with Crippen molar-refractivity contribution in [2.24, 2.45) is 11.8 Å². The highest BCUT2D eigenvalue weighted by atomic mass is 14.3. The summed E-state index contributed by atoms with van der Waals surface area (Å²) in [5.74, 6) is 2.78. The van der Waals surface area contributed by atoms with Crippen LogP contribution in [0.2, 0.25) is 0 Å². The largest absolute Gasteiger partial charge is 0.0842 e. The molecule has 0 saturated heterocycles. The Morgan fingerprint density at radius 2 is 1.68 bits per heavy atom. The maximum Gasteiger partial charge on any atom is -0.0162 e. The van der Waals surface area contributed by atoms with Gasteiger partial charge in [0.25, 0.3) is 0 Å². The van der Waals surface area contributed by atoms with Crippen LogP contribution in [0.4, 0.5) is 0 Å². The first-order valence-electron chi connectivity index (χ1n) is 9.54. The van der Waals surface area contributed by atoms with E-state index in [2.05, 4.69) is 57.2 Å². The highest BCUT2D eigenvalue weighted by molar-refractivity contribution is 5.49. The second kappa shape index (κ2) is 9.18. The molecular formula is C22H34. The standard InChI is InChI=1S/C22H34/c1-4-7-9-18-10-12-21(13-11-18)22-16-14-20(15-17-22)19(6-3)8-5-2/h7,9-13,19-20,22H,4-6,8,14-17H2,1-3H3/b9-7+. The van der Waals surface area contributed by atoms with Crippen LogP contribution in [0.15, 0.2) is 30.3 Å². The van der Waals surface area contributed by atoms with Crippen molar-refractivity contribution in [3.8, 4) is 0 Å². The van der Waals surface area contributed by atoms with Gasteiger partial charge in [0, 0.05) is 0 Å². The fourth-order valence-corrected chi connectivity index (χ4v) is 4.20. The Labute approximate surface area is 138 Å². The molecule has 1 aliphatic rings. The van der Waals surface area contributed by atoms with E-state index in [-0.39, 0.29) is 0 Å². The zero-order chi connectivity index (χ0) is 15.8. The first-order valence-corrected chi connectivity index (χ1v) is 9.54.